The Labute approximate surface area is 73.4 Å². The molecule has 2 heterocycles. The zero-order chi connectivity index (χ0) is 8.55. The van der Waals surface area contributed by atoms with Gasteiger partial charge in [-0.1, -0.05) is 0 Å². The van der Waals surface area contributed by atoms with Crippen LogP contribution in [0.3, 0.4) is 0 Å². The number of rotatable bonds is 0. The van der Waals surface area contributed by atoms with Crippen molar-refractivity contribution in [3.63, 3.8) is 0 Å². The molecule has 0 aliphatic carbocycles. The highest BCUT2D eigenvalue weighted by Crippen LogP contribution is 2.20. The third-order valence-electron chi connectivity index (χ3n) is 1.80. The minimum Gasteiger partial charge on any atom is -0.352 e. The molecular formula is C8H7NO2S. The summed E-state index contributed by atoms with van der Waals surface area (Å²) in [5, 5.41) is 4.44. The molecule has 1 N–H and O–H groups in total. The quantitative estimate of drug-likeness (QED) is 0.650. The number of nitrogens with one attached hydrogen (secondary N) is 1. The lowest BCUT2D eigenvalue weighted by atomic mass is 10.2. The van der Waals surface area contributed by atoms with Gasteiger partial charge in [0, 0.05) is 13.0 Å². The number of fused-ring (bicyclic) bond motifs is 1. The summed E-state index contributed by atoms with van der Waals surface area (Å²) < 4.78 is 0. The molecular weight excluding hydrogens is 174 g/mol. The second kappa shape index (κ2) is 2.71. The number of Topliss-reactive ketones (excluding diaryl/α,β-unsaturated/α-hetero) is 1. The van der Waals surface area contributed by atoms with E-state index in [0.717, 1.165) is 0 Å². The molecule has 1 aliphatic rings. The number of thiophene rings is 1. The standard InChI is InChI=1S/C8H7NO2S/c10-6-1-3-9-8(11)5-2-4-12-7(5)6/h2,4H,1,3H2,(H,9,11). The summed E-state index contributed by atoms with van der Waals surface area (Å²) in [7, 11) is 0. The third-order valence-corrected chi connectivity index (χ3v) is 2.76. The van der Waals surface area contributed by atoms with E-state index in [1.54, 1.807) is 11.4 Å². The average Bonchev–Trinajstić information content (AvgIpc) is 2.47. The van der Waals surface area contributed by atoms with Crippen LogP contribution in [0.25, 0.3) is 0 Å². The highest BCUT2D eigenvalue weighted by atomic mass is 32.1. The third kappa shape index (κ3) is 1.04. The zero-order valence-corrected chi connectivity index (χ0v) is 7.11. The molecule has 4 heteroatoms. The van der Waals surface area contributed by atoms with Crippen molar-refractivity contribution in [2.24, 2.45) is 0 Å². The fourth-order valence-electron chi connectivity index (χ4n) is 1.20. The topological polar surface area (TPSA) is 46.2 Å². The largest absolute Gasteiger partial charge is 0.352 e. The number of amides is 1. The molecule has 2 rings (SSSR count). The Morgan fingerprint density at radius 1 is 1.42 bits per heavy atom. The van der Waals surface area contributed by atoms with Crippen LogP contribution in [0.5, 0.6) is 0 Å². The molecule has 0 saturated carbocycles. The molecule has 12 heavy (non-hydrogen) atoms. The van der Waals surface area contributed by atoms with E-state index in [4.69, 9.17) is 0 Å². The van der Waals surface area contributed by atoms with E-state index >= 15 is 0 Å². The summed E-state index contributed by atoms with van der Waals surface area (Å²) in [6.07, 6.45) is 0.416. The molecule has 0 fully saturated rings. The van der Waals surface area contributed by atoms with Crippen LogP contribution in [0.1, 0.15) is 26.5 Å². The summed E-state index contributed by atoms with van der Waals surface area (Å²) in [4.78, 5) is 23.2. The van der Waals surface area contributed by atoms with Gasteiger partial charge >= 0.3 is 0 Å². The molecule has 0 bridgehead atoms. The van der Waals surface area contributed by atoms with E-state index in [2.05, 4.69) is 5.32 Å². The van der Waals surface area contributed by atoms with Gasteiger partial charge < -0.3 is 5.32 Å². The molecule has 1 amide bonds. The first-order valence-electron chi connectivity index (χ1n) is 3.68. The van der Waals surface area contributed by atoms with Gasteiger partial charge in [-0.05, 0) is 11.4 Å². The van der Waals surface area contributed by atoms with Gasteiger partial charge in [-0.25, -0.2) is 0 Å². The molecule has 3 nitrogen and oxygen atoms in total. The molecule has 0 unspecified atom stereocenters. The minimum absolute atomic E-state index is 0.0679. The summed E-state index contributed by atoms with van der Waals surface area (Å²) in [6, 6.07) is 1.69. The molecule has 1 aromatic heterocycles. The summed E-state index contributed by atoms with van der Waals surface area (Å²) in [6.45, 7) is 0.457. The van der Waals surface area contributed by atoms with Crippen molar-refractivity contribution >= 4 is 23.0 Å². The van der Waals surface area contributed by atoms with Crippen LogP contribution in [-0.4, -0.2) is 18.2 Å². The van der Waals surface area contributed by atoms with E-state index in [0.29, 0.717) is 23.4 Å². The van der Waals surface area contributed by atoms with Gasteiger partial charge in [-0.15, -0.1) is 11.3 Å². The van der Waals surface area contributed by atoms with Crippen molar-refractivity contribution in [3.05, 3.63) is 21.9 Å². The minimum atomic E-state index is -0.128. The van der Waals surface area contributed by atoms with E-state index in [1.165, 1.54) is 11.3 Å². The van der Waals surface area contributed by atoms with Crippen LogP contribution >= 0.6 is 11.3 Å². The predicted octanol–water partition coefficient (Wildman–Crippen LogP) is 1.06. The van der Waals surface area contributed by atoms with E-state index in [9.17, 15) is 9.59 Å². The summed E-state index contributed by atoms with van der Waals surface area (Å²) in [5.74, 6) is -0.0598. The van der Waals surface area contributed by atoms with Gasteiger partial charge in [-0.2, -0.15) is 0 Å². The van der Waals surface area contributed by atoms with Crippen molar-refractivity contribution in [2.45, 2.75) is 6.42 Å². The first kappa shape index (κ1) is 7.49. The van der Waals surface area contributed by atoms with E-state index in [1.807, 2.05) is 0 Å². The maximum Gasteiger partial charge on any atom is 0.252 e. The lowest BCUT2D eigenvalue weighted by Crippen LogP contribution is -2.22. The van der Waals surface area contributed by atoms with Crippen LogP contribution in [0, 0.1) is 0 Å². The first-order chi connectivity index (χ1) is 5.79. The monoisotopic (exact) mass is 181 g/mol. The summed E-state index contributed by atoms with van der Waals surface area (Å²) in [5.41, 5.74) is 0.530. The maximum absolute atomic E-state index is 11.3. The smallest absolute Gasteiger partial charge is 0.252 e. The van der Waals surface area contributed by atoms with Crippen LogP contribution in [0.15, 0.2) is 11.4 Å². The van der Waals surface area contributed by atoms with Crippen molar-refractivity contribution in [1.29, 1.82) is 0 Å². The van der Waals surface area contributed by atoms with Crippen molar-refractivity contribution in [1.82, 2.24) is 5.32 Å². The first-order valence-corrected chi connectivity index (χ1v) is 4.56. The van der Waals surface area contributed by atoms with Crippen molar-refractivity contribution in [3.8, 4) is 0 Å². The number of hydrogen-bond acceptors (Lipinski definition) is 3. The number of carbonyl (C=O) groups excluding carboxylic acids is 2. The maximum atomic E-state index is 11.3. The fraction of sp³-hybridized carbons (Fsp3) is 0.250. The van der Waals surface area contributed by atoms with Gasteiger partial charge in [-0.3, -0.25) is 9.59 Å². The van der Waals surface area contributed by atoms with Crippen LogP contribution in [0.2, 0.25) is 0 Å². The Morgan fingerprint density at radius 2 is 2.25 bits per heavy atom. The SMILES string of the molecule is O=C1NCCC(=O)c2sccc21. The molecule has 1 aliphatic heterocycles. The van der Waals surface area contributed by atoms with Gasteiger partial charge in [0.15, 0.2) is 5.78 Å². The number of carbonyl (C=O) groups is 2. The van der Waals surface area contributed by atoms with Crippen molar-refractivity contribution < 1.29 is 9.59 Å². The van der Waals surface area contributed by atoms with Crippen LogP contribution in [-0.2, 0) is 0 Å². The molecule has 0 saturated heterocycles. The highest BCUT2D eigenvalue weighted by Gasteiger charge is 2.21. The second-order valence-electron chi connectivity index (χ2n) is 2.59. The Kier molecular flexibility index (Phi) is 1.69. The zero-order valence-electron chi connectivity index (χ0n) is 6.29. The molecule has 0 atom stereocenters. The Balaban J connectivity index is 2.52. The normalized spacial score (nSPS) is 16.7. The van der Waals surface area contributed by atoms with Gasteiger partial charge in [0.05, 0.1) is 10.4 Å². The van der Waals surface area contributed by atoms with Crippen molar-refractivity contribution in [2.75, 3.05) is 6.54 Å². The Hall–Kier alpha value is -1.16. The van der Waals surface area contributed by atoms with Crippen LogP contribution < -0.4 is 5.32 Å². The summed E-state index contributed by atoms with van der Waals surface area (Å²) >= 11 is 1.34. The Bertz CT molecular complexity index is 312. The van der Waals surface area contributed by atoms with E-state index in [-0.39, 0.29) is 11.7 Å². The lowest BCUT2D eigenvalue weighted by Gasteiger charge is -1.95. The lowest BCUT2D eigenvalue weighted by molar-refractivity contribution is 0.0956. The predicted molar refractivity (Wildman–Crippen MR) is 45.6 cm³/mol. The molecule has 0 aromatic carbocycles. The number of hydrogen-bond donors (Lipinski definition) is 1. The molecule has 1 aromatic rings. The van der Waals surface area contributed by atoms with Gasteiger partial charge in [0.1, 0.15) is 0 Å². The fourth-order valence-corrected chi connectivity index (χ4v) is 2.06. The van der Waals surface area contributed by atoms with Gasteiger partial charge in [0.25, 0.3) is 5.91 Å². The Morgan fingerprint density at radius 3 is 3.08 bits per heavy atom. The molecule has 0 radical (unpaired) electrons. The average molecular weight is 181 g/mol. The number of ketones is 1. The van der Waals surface area contributed by atoms with E-state index < -0.39 is 0 Å². The molecule has 62 valence electrons. The highest BCUT2D eigenvalue weighted by molar-refractivity contribution is 7.12. The second-order valence-corrected chi connectivity index (χ2v) is 3.51. The van der Waals surface area contributed by atoms with Crippen LogP contribution in [0.4, 0.5) is 0 Å². The molecule has 0 spiro atoms. The van der Waals surface area contributed by atoms with Gasteiger partial charge in [0.2, 0.25) is 0 Å².